The predicted molar refractivity (Wildman–Crippen MR) is 131 cm³/mol. The van der Waals surface area contributed by atoms with E-state index in [1.807, 2.05) is 25.1 Å². The van der Waals surface area contributed by atoms with Gasteiger partial charge in [-0.15, -0.1) is 0 Å². The van der Waals surface area contributed by atoms with E-state index in [1.54, 1.807) is 0 Å². The molecule has 2 aromatic rings. The first-order valence-electron chi connectivity index (χ1n) is 12.0. The number of benzene rings is 1. The van der Waals surface area contributed by atoms with Crippen LogP contribution in [0.4, 0.5) is 5.69 Å². The van der Waals surface area contributed by atoms with E-state index in [0.717, 1.165) is 54.7 Å². The number of amides is 1. The zero-order valence-electron chi connectivity index (χ0n) is 19.6. The number of nitrogens with one attached hydrogen (secondary N) is 2. The largest absolute Gasteiger partial charge is 0.369 e. The van der Waals surface area contributed by atoms with E-state index in [4.69, 9.17) is 0 Å². The Morgan fingerprint density at radius 3 is 2.58 bits per heavy atom. The maximum Gasteiger partial charge on any atom is 0.253 e. The summed E-state index contributed by atoms with van der Waals surface area (Å²) < 4.78 is 0. The van der Waals surface area contributed by atoms with Crippen LogP contribution in [0.25, 0.3) is 0 Å². The van der Waals surface area contributed by atoms with Crippen LogP contribution in [0.1, 0.15) is 71.8 Å². The average molecular weight is 448 g/mol. The highest BCUT2D eigenvalue weighted by Crippen LogP contribution is 2.31. The van der Waals surface area contributed by atoms with Gasteiger partial charge < -0.3 is 15.2 Å². The minimum atomic E-state index is -0.165. The van der Waals surface area contributed by atoms with E-state index in [-0.39, 0.29) is 18.0 Å². The van der Waals surface area contributed by atoms with Gasteiger partial charge in [0.2, 0.25) is 0 Å². The van der Waals surface area contributed by atoms with Gasteiger partial charge in [0.15, 0.2) is 0 Å². The molecule has 2 N–H and O–H groups in total. The van der Waals surface area contributed by atoms with Crippen LogP contribution >= 0.6 is 0 Å². The molecule has 2 aliphatic rings. The van der Waals surface area contributed by atoms with Gasteiger partial charge in [0.05, 0.1) is 0 Å². The monoisotopic (exact) mass is 447 g/mol. The van der Waals surface area contributed by atoms with Crippen molar-refractivity contribution in [2.24, 2.45) is 0 Å². The number of pyridine rings is 1. The van der Waals surface area contributed by atoms with Crippen LogP contribution in [0.15, 0.2) is 41.2 Å². The summed E-state index contributed by atoms with van der Waals surface area (Å²) in [6, 6.07) is 8.20. The van der Waals surface area contributed by atoms with Crippen molar-refractivity contribution >= 4 is 17.4 Å². The summed E-state index contributed by atoms with van der Waals surface area (Å²) in [5.74, 6) is 0.181. The molecule has 6 nitrogen and oxygen atoms in total. The summed E-state index contributed by atoms with van der Waals surface area (Å²) in [5, 5.41) is 3.00. The van der Waals surface area contributed by atoms with E-state index in [0.29, 0.717) is 42.2 Å². The Kier molecular flexibility index (Phi) is 7.11. The Labute approximate surface area is 195 Å². The van der Waals surface area contributed by atoms with Gasteiger partial charge >= 0.3 is 0 Å². The van der Waals surface area contributed by atoms with Crippen LogP contribution < -0.4 is 15.8 Å². The third-order valence-electron chi connectivity index (χ3n) is 6.86. The van der Waals surface area contributed by atoms with Crippen molar-refractivity contribution in [3.05, 3.63) is 74.7 Å². The van der Waals surface area contributed by atoms with Gasteiger partial charge in [-0.1, -0.05) is 18.2 Å². The van der Waals surface area contributed by atoms with Gasteiger partial charge in [-0.05, 0) is 75.3 Å². The first-order chi connectivity index (χ1) is 16.0. The lowest BCUT2D eigenvalue weighted by Crippen LogP contribution is -2.39. The fourth-order valence-corrected chi connectivity index (χ4v) is 5.16. The van der Waals surface area contributed by atoms with Crippen LogP contribution in [0.3, 0.4) is 0 Å². The third kappa shape index (κ3) is 5.10. The van der Waals surface area contributed by atoms with E-state index >= 15 is 0 Å². The molecule has 0 spiro atoms. The molecule has 2 heterocycles. The second-order valence-electron chi connectivity index (χ2n) is 9.04. The summed E-state index contributed by atoms with van der Waals surface area (Å²) in [5.41, 5.74) is 5.03. The summed E-state index contributed by atoms with van der Waals surface area (Å²) in [4.78, 5) is 42.9. The predicted octanol–water partition coefficient (Wildman–Crippen LogP) is 4.00. The number of carbonyl (C=O) groups excluding carboxylic acids is 2. The number of hydrogen-bond acceptors (Lipinski definition) is 4. The lowest BCUT2D eigenvalue weighted by atomic mass is 9.91. The number of allylic oxidation sites excluding steroid dienone is 2. The molecule has 6 heteroatoms. The number of anilines is 1. The second kappa shape index (κ2) is 10.2. The molecule has 0 atom stereocenters. The molecular formula is C27H33N3O3. The molecule has 174 valence electrons. The van der Waals surface area contributed by atoms with Crippen molar-refractivity contribution in [2.45, 2.75) is 71.4 Å². The maximum absolute atomic E-state index is 13.3. The number of hydrogen-bond donors (Lipinski definition) is 2. The number of H-pyrrole nitrogens is 1. The number of aryl methyl sites for hydroxylation is 2. The minimum absolute atomic E-state index is 0.135. The first-order valence-corrected chi connectivity index (χ1v) is 12.0. The molecule has 33 heavy (non-hydrogen) atoms. The van der Waals surface area contributed by atoms with Gasteiger partial charge in [-0.25, -0.2) is 0 Å². The second-order valence-corrected chi connectivity index (χ2v) is 9.04. The van der Waals surface area contributed by atoms with E-state index in [1.165, 1.54) is 0 Å². The van der Waals surface area contributed by atoms with E-state index in [9.17, 15) is 14.4 Å². The molecular weight excluding hydrogens is 414 g/mol. The third-order valence-corrected chi connectivity index (χ3v) is 6.86. The molecule has 1 aromatic heterocycles. The van der Waals surface area contributed by atoms with Gasteiger partial charge in [0.25, 0.3) is 11.5 Å². The van der Waals surface area contributed by atoms with Crippen molar-refractivity contribution in [3.63, 3.8) is 0 Å². The Bertz CT molecular complexity index is 1120. The summed E-state index contributed by atoms with van der Waals surface area (Å²) >= 11 is 0. The van der Waals surface area contributed by atoms with Crippen LogP contribution in [0, 0.1) is 6.92 Å². The number of aromatic nitrogens is 1. The summed E-state index contributed by atoms with van der Waals surface area (Å²) in [6.07, 6.45) is 9.53. The molecule has 0 bridgehead atoms. The van der Waals surface area contributed by atoms with Crippen LogP contribution in [-0.2, 0) is 24.2 Å². The zero-order chi connectivity index (χ0) is 23.4. The Balaban J connectivity index is 1.69. The molecule has 0 unspecified atom stereocenters. The van der Waals surface area contributed by atoms with E-state index in [2.05, 4.69) is 40.3 Å². The number of Topliss-reactive ketones (excluding diaryl/α,β-unsaturated/α-hetero) is 1. The lowest BCUT2D eigenvalue weighted by Gasteiger charge is -2.36. The molecule has 1 aliphatic carbocycles. The molecule has 1 saturated carbocycles. The molecule has 1 aromatic carbocycles. The fraction of sp³-hybridized carbons (Fsp3) is 0.444. The highest BCUT2D eigenvalue weighted by molar-refractivity contribution is 5.97. The molecule has 1 amide bonds. The van der Waals surface area contributed by atoms with Crippen LogP contribution in [0.5, 0.6) is 0 Å². The maximum atomic E-state index is 13.3. The SMILES string of the molecule is CCN(c1cccc2c1C/C=C\CCc1cc(C)[nH]c(=O)c1CNC2=O)C1CCC(=O)CC1. The highest BCUT2D eigenvalue weighted by Gasteiger charge is 2.26. The van der Waals surface area contributed by atoms with Gasteiger partial charge in [-0.2, -0.15) is 0 Å². The van der Waals surface area contributed by atoms with Gasteiger partial charge in [0, 0.05) is 54.5 Å². The number of ketones is 1. The summed E-state index contributed by atoms with van der Waals surface area (Å²) in [7, 11) is 0. The number of nitrogens with zero attached hydrogens (tertiary/aromatic N) is 1. The molecule has 0 radical (unpaired) electrons. The normalized spacial score (nSPS) is 18.4. The van der Waals surface area contributed by atoms with Gasteiger partial charge in [-0.3, -0.25) is 14.4 Å². The van der Waals surface area contributed by atoms with Crippen LogP contribution in [0.2, 0.25) is 0 Å². The standard InChI is InChI=1S/C27H33N3O3/c1-3-30(20-12-14-21(31)15-13-20)25-11-7-10-23-22(25)9-6-4-5-8-19-16-18(2)29-27(33)24(19)17-28-26(23)32/h4,6-7,10-11,16,20H,3,5,8-9,12-15,17H2,1-2H3,(H,28,32)(H,29,33)/b6-4-. The van der Waals surface area contributed by atoms with Crippen LogP contribution in [-0.4, -0.2) is 29.3 Å². The Morgan fingerprint density at radius 1 is 1.03 bits per heavy atom. The number of aromatic amines is 1. The summed E-state index contributed by atoms with van der Waals surface area (Å²) in [6.45, 7) is 5.04. The molecule has 0 saturated heterocycles. The number of fused-ring (bicyclic) bond motifs is 2. The van der Waals surface area contributed by atoms with Crippen molar-refractivity contribution < 1.29 is 9.59 Å². The minimum Gasteiger partial charge on any atom is -0.369 e. The molecule has 4 rings (SSSR count). The van der Waals surface area contributed by atoms with Crippen molar-refractivity contribution in [1.29, 1.82) is 0 Å². The topological polar surface area (TPSA) is 82.3 Å². The average Bonchev–Trinajstić information content (AvgIpc) is 2.79. The fourth-order valence-electron chi connectivity index (χ4n) is 5.16. The Hall–Kier alpha value is -3.15. The Morgan fingerprint density at radius 2 is 1.82 bits per heavy atom. The smallest absolute Gasteiger partial charge is 0.253 e. The van der Waals surface area contributed by atoms with E-state index < -0.39 is 0 Å². The van der Waals surface area contributed by atoms with Crippen molar-refractivity contribution in [2.75, 3.05) is 11.4 Å². The molecule has 1 aliphatic heterocycles. The number of carbonyl (C=O) groups is 2. The number of rotatable bonds is 3. The van der Waals surface area contributed by atoms with Crippen molar-refractivity contribution in [1.82, 2.24) is 10.3 Å². The lowest BCUT2D eigenvalue weighted by molar-refractivity contribution is -0.120. The first kappa shape index (κ1) is 23.0. The quantitative estimate of drug-likeness (QED) is 0.697. The zero-order valence-corrected chi connectivity index (χ0v) is 19.6. The van der Waals surface area contributed by atoms with Gasteiger partial charge in [0.1, 0.15) is 5.78 Å². The highest BCUT2D eigenvalue weighted by atomic mass is 16.2. The van der Waals surface area contributed by atoms with Crippen molar-refractivity contribution in [3.8, 4) is 0 Å². The molecule has 1 fully saturated rings.